The van der Waals surface area contributed by atoms with Crippen LogP contribution < -0.4 is 4.72 Å². The topological polar surface area (TPSA) is 66.5 Å². The Morgan fingerprint density at radius 2 is 2.10 bits per heavy atom. The Kier molecular flexibility index (Phi) is 5.12. The number of amides is 1. The molecule has 9 heteroatoms. The minimum atomic E-state index is -3.55. The van der Waals surface area contributed by atoms with Crippen LogP contribution in [-0.2, 0) is 14.8 Å². The summed E-state index contributed by atoms with van der Waals surface area (Å²) >= 11 is 10.2. The zero-order valence-corrected chi connectivity index (χ0v) is 14.7. The summed E-state index contributed by atoms with van der Waals surface area (Å²) in [6, 6.07) is 1.29. The van der Waals surface area contributed by atoms with Crippen molar-refractivity contribution in [2.75, 3.05) is 13.1 Å². The fourth-order valence-electron chi connectivity index (χ4n) is 2.05. The highest BCUT2D eigenvalue weighted by molar-refractivity contribution is 9.11. The van der Waals surface area contributed by atoms with E-state index in [2.05, 4.69) is 20.7 Å². The lowest BCUT2D eigenvalue weighted by molar-refractivity contribution is -0.129. The van der Waals surface area contributed by atoms with Crippen LogP contribution in [0.25, 0.3) is 0 Å². The van der Waals surface area contributed by atoms with Gasteiger partial charge in [0.05, 0.1) is 8.81 Å². The molecule has 0 aliphatic carbocycles. The van der Waals surface area contributed by atoms with Crippen LogP contribution in [0.5, 0.6) is 0 Å². The van der Waals surface area contributed by atoms with E-state index in [4.69, 9.17) is 11.6 Å². The van der Waals surface area contributed by atoms with Gasteiger partial charge in [-0.15, -0.1) is 11.3 Å². The van der Waals surface area contributed by atoms with Crippen molar-refractivity contribution in [1.82, 2.24) is 9.62 Å². The van der Waals surface area contributed by atoms with Crippen LogP contribution in [-0.4, -0.2) is 38.4 Å². The zero-order valence-electron chi connectivity index (χ0n) is 10.7. The molecule has 1 saturated heterocycles. The molecule has 1 aromatic rings. The summed E-state index contributed by atoms with van der Waals surface area (Å²) in [4.78, 5) is 12.9. The molecule has 0 saturated carbocycles. The van der Waals surface area contributed by atoms with Gasteiger partial charge in [-0.1, -0.05) is 11.6 Å². The van der Waals surface area contributed by atoms with Crippen molar-refractivity contribution in [3.63, 3.8) is 0 Å². The normalized spacial score (nSPS) is 17.4. The molecule has 0 aromatic carbocycles. The van der Waals surface area contributed by atoms with Crippen molar-refractivity contribution in [2.45, 2.75) is 30.0 Å². The Balaban J connectivity index is 2.01. The second kappa shape index (κ2) is 6.31. The highest BCUT2D eigenvalue weighted by Gasteiger charge is 2.27. The molecule has 0 radical (unpaired) electrons. The van der Waals surface area contributed by atoms with E-state index in [1.807, 2.05) is 0 Å². The lowest BCUT2D eigenvalue weighted by atomic mass is 10.1. The molecule has 1 aliphatic rings. The van der Waals surface area contributed by atoms with Gasteiger partial charge in [0.25, 0.3) is 0 Å². The minimum absolute atomic E-state index is 0.0280. The van der Waals surface area contributed by atoms with E-state index in [0.717, 1.165) is 11.3 Å². The number of sulfonamides is 1. The lowest BCUT2D eigenvalue weighted by Gasteiger charge is -2.31. The fraction of sp³-hybridized carbons (Fsp3) is 0.545. The Labute approximate surface area is 135 Å². The first-order valence-electron chi connectivity index (χ1n) is 6.02. The molecule has 20 heavy (non-hydrogen) atoms. The standard InChI is InChI=1S/C11H14BrClN2O3S2/c1-7(16)15-4-2-8(3-5-15)14-20(17,18)10-6-9(13)11(12)19-10/h6,8,14H,2-5H2,1H3. The van der Waals surface area contributed by atoms with Crippen molar-refractivity contribution >= 4 is 54.8 Å². The molecule has 1 N–H and O–H groups in total. The first-order valence-corrected chi connectivity index (χ1v) is 9.49. The predicted octanol–water partition coefficient (Wildman–Crippen LogP) is 2.45. The van der Waals surface area contributed by atoms with Crippen molar-refractivity contribution in [3.05, 3.63) is 14.9 Å². The van der Waals surface area contributed by atoms with Crippen LogP contribution in [0.4, 0.5) is 0 Å². The number of carbonyl (C=O) groups excluding carboxylic acids is 1. The van der Waals surface area contributed by atoms with Gasteiger partial charge in [0, 0.05) is 26.1 Å². The zero-order chi connectivity index (χ0) is 14.9. The summed E-state index contributed by atoms with van der Waals surface area (Å²) < 4.78 is 27.9. The SMILES string of the molecule is CC(=O)N1CCC(NS(=O)(=O)c2cc(Cl)c(Br)s2)CC1. The van der Waals surface area contributed by atoms with Gasteiger partial charge in [-0.05, 0) is 34.8 Å². The minimum Gasteiger partial charge on any atom is -0.343 e. The number of thiophene rings is 1. The molecule has 5 nitrogen and oxygen atoms in total. The Bertz CT molecular complexity index is 590. The molecular weight excluding hydrogens is 388 g/mol. The highest BCUT2D eigenvalue weighted by atomic mass is 79.9. The van der Waals surface area contributed by atoms with Crippen molar-refractivity contribution in [2.24, 2.45) is 0 Å². The third-order valence-corrected chi connectivity index (χ3v) is 7.62. The Hall–Kier alpha value is -0.150. The number of nitrogens with one attached hydrogen (secondary N) is 1. The van der Waals surface area contributed by atoms with Crippen LogP contribution in [0.1, 0.15) is 19.8 Å². The average molecular weight is 402 g/mol. The number of nitrogens with zero attached hydrogens (tertiary/aromatic N) is 1. The van der Waals surface area contributed by atoms with Crippen LogP contribution in [0, 0.1) is 0 Å². The summed E-state index contributed by atoms with van der Waals surface area (Å²) in [5, 5.41) is 0.391. The number of rotatable bonds is 3. The van der Waals surface area contributed by atoms with Crippen LogP contribution in [0.2, 0.25) is 5.02 Å². The quantitative estimate of drug-likeness (QED) is 0.846. The van der Waals surface area contributed by atoms with E-state index in [1.165, 1.54) is 13.0 Å². The number of hydrogen-bond acceptors (Lipinski definition) is 4. The van der Waals surface area contributed by atoms with E-state index >= 15 is 0 Å². The average Bonchev–Trinajstić information content (AvgIpc) is 2.71. The van der Waals surface area contributed by atoms with Crippen LogP contribution in [0.3, 0.4) is 0 Å². The predicted molar refractivity (Wildman–Crippen MR) is 82.6 cm³/mol. The van der Waals surface area contributed by atoms with Gasteiger partial charge in [-0.2, -0.15) is 0 Å². The molecule has 1 fully saturated rings. The molecule has 1 aliphatic heterocycles. The molecule has 112 valence electrons. The first-order chi connectivity index (χ1) is 9.29. The Morgan fingerprint density at radius 3 is 2.55 bits per heavy atom. The van der Waals surface area contributed by atoms with E-state index in [0.29, 0.717) is 34.7 Å². The largest absolute Gasteiger partial charge is 0.343 e. The maximum atomic E-state index is 12.2. The van der Waals surface area contributed by atoms with Gasteiger partial charge in [0.15, 0.2) is 0 Å². The van der Waals surface area contributed by atoms with Crippen molar-refractivity contribution in [1.29, 1.82) is 0 Å². The third kappa shape index (κ3) is 3.73. The summed E-state index contributed by atoms with van der Waals surface area (Å²) in [7, 11) is -3.55. The summed E-state index contributed by atoms with van der Waals surface area (Å²) in [6.45, 7) is 2.69. The van der Waals surface area contributed by atoms with Crippen molar-refractivity contribution < 1.29 is 13.2 Å². The summed E-state index contributed by atoms with van der Waals surface area (Å²) in [6.07, 6.45) is 1.25. The van der Waals surface area contributed by atoms with E-state index < -0.39 is 10.0 Å². The molecule has 0 atom stereocenters. The van der Waals surface area contributed by atoms with Crippen LogP contribution in [0.15, 0.2) is 14.1 Å². The smallest absolute Gasteiger partial charge is 0.250 e. The number of piperidine rings is 1. The van der Waals surface area contributed by atoms with Crippen LogP contribution >= 0.6 is 38.9 Å². The molecule has 0 spiro atoms. The van der Waals surface area contributed by atoms with Crippen molar-refractivity contribution in [3.8, 4) is 0 Å². The summed E-state index contributed by atoms with van der Waals surface area (Å²) in [5.41, 5.74) is 0. The molecular formula is C11H14BrClN2O3S2. The van der Waals surface area contributed by atoms with Gasteiger partial charge >= 0.3 is 0 Å². The molecule has 1 aromatic heterocycles. The maximum Gasteiger partial charge on any atom is 0.250 e. The molecule has 2 heterocycles. The fourth-order valence-corrected chi connectivity index (χ4v) is 5.77. The van der Waals surface area contributed by atoms with Gasteiger partial charge in [0.1, 0.15) is 4.21 Å². The third-order valence-electron chi connectivity index (χ3n) is 3.15. The lowest BCUT2D eigenvalue weighted by Crippen LogP contribution is -2.45. The van der Waals surface area contributed by atoms with E-state index in [-0.39, 0.29) is 16.2 Å². The van der Waals surface area contributed by atoms with E-state index in [1.54, 1.807) is 4.90 Å². The van der Waals surface area contributed by atoms with Gasteiger partial charge < -0.3 is 4.90 Å². The van der Waals surface area contributed by atoms with E-state index in [9.17, 15) is 13.2 Å². The molecule has 1 amide bonds. The maximum absolute atomic E-state index is 12.2. The monoisotopic (exact) mass is 400 g/mol. The van der Waals surface area contributed by atoms with Gasteiger partial charge in [-0.25, -0.2) is 13.1 Å². The van der Waals surface area contributed by atoms with Gasteiger partial charge in [0.2, 0.25) is 15.9 Å². The second-order valence-corrected chi connectivity index (χ2v) is 9.31. The number of halogens is 2. The van der Waals surface area contributed by atoms with Gasteiger partial charge in [-0.3, -0.25) is 4.79 Å². The molecule has 0 unspecified atom stereocenters. The summed E-state index contributed by atoms with van der Waals surface area (Å²) in [5.74, 6) is 0.0280. The Morgan fingerprint density at radius 1 is 1.50 bits per heavy atom. The number of likely N-dealkylation sites (tertiary alicyclic amines) is 1. The number of carbonyl (C=O) groups is 1. The first kappa shape index (κ1) is 16.2. The molecule has 0 bridgehead atoms. The second-order valence-electron chi connectivity index (χ2n) is 4.59. The molecule has 2 rings (SSSR count). The highest BCUT2D eigenvalue weighted by Crippen LogP contribution is 2.34. The number of hydrogen-bond donors (Lipinski definition) is 1.